The number of hydrogen-bond donors (Lipinski definition) is 0. The van der Waals surface area contributed by atoms with Gasteiger partial charge in [-0.1, -0.05) is 6.07 Å². The van der Waals surface area contributed by atoms with Gasteiger partial charge < -0.3 is 19.3 Å². The minimum Gasteiger partial charge on any atom is -0.460 e. The van der Waals surface area contributed by atoms with Crippen molar-refractivity contribution in [1.82, 2.24) is 9.80 Å². The van der Waals surface area contributed by atoms with Crippen LogP contribution >= 0.6 is 0 Å². The van der Waals surface area contributed by atoms with Crippen molar-refractivity contribution in [2.75, 3.05) is 39.4 Å². The Kier molecular flexibility index (Phi) is 14.6. The average Bonchev–Trinajstić information content (AvgIpc) is 2.95. The van der Waals surface area contributed by atoms with Crippen LogP contribution in [0.15, 0.2) is 72.1 Å². The molecule has 1 rings (SSSR count). The fraction of sp³-hybridized carbons (Fsp3) is 0.286. The van der Waals surface area contributed by atoms with Gasteiger partial charge in [0.15, 0.2) is 0 Å². The topological polar surface area (TPSA) is 154 Å². The van der Waals surface area contributed by atoms with E-state index in [1.165, 1.54) is 18.2 Å². The second-order valence-electron chi connectivity index (χ2n) is 7.40. The molecule has 0 aliphatic rings. The van der Waals surface area contributed by atoms with Crippen LogP contribution in [0.1, 0.15) is 34.6 Å². The van der Waals surface area contributed by atoms with Crippen molar-refractivity contribution >= 4 is 11.9 Å². The highest BCUT2D eigenvalue weighted by Crippen LogP contribution is 2.09. The van der Waals surface area contributed by atoms with Crippen molar-refractivity contribution in [3.8, 4) is 24.3 Å². The Balaban J connectivity index is 2.61. The van der Waals surface area contributed by atoms with Crippen LogP contribution in [0.4, 0.5) is 0 Å². The van der Waals surface area contributed by atoms with Crippen molar-refractivity contribution in [3.63, 3.8) is 0 Å². The molecule has 10 heteroatoms. The molecule has 0 heterocycles. The molecule has 1 aromatic rings. The number of esters is 2. The number of nitrogens with zero attached hydrogens (tertiary/aromatic N) is 6. The van der Waals surface area contributed by atoms with Crippen molar-refractivity contribution in [2.24, 2.45) is 0 Å². The molecule has 0 radical (unpaired) electrons. The van der Waals surface area contributed by atoms with Crippen LogP contribution in [-0.4, -0.2) is 61.1 Å². The molecular weight excluding hydrogens is 484 g/mol. The van der Waals surface area contributed by atoms with E-state index in [1.807, 2.05) is 23.6 Å². The van der Waals surface area contributed by atoms with Gasteiger partial charge in [0, 0.05) is 13.1 Å². The Hall–Kier alpha value is -5.32. The molecule has 0 bridgehead atoms. The van der Waals surface area contributed by atoms with Gasteiger partial charge in [-0.2, -0.15) is 21.0 Å². The van der Waals surface area contributed by atoms with Crippen LogP contribution in [0.25, 0.3) is 0 Å². The number of rotatable bonds is 14. The largest absolute Gasteiger partial charge is 0.460 e. The predicted molar refractivity (Wildman–Crippen MR) is 138 cm³/mol. The summed E-state index contributed by atoms with van der Waals surface area (Å²) in [6, 6.07) is 13.1. The van der Waals surface area contributed by atoms with Crippen LogP contribution in [0.2, 0.25) is 0 Å². The molecule has 0 aliphatic carbocycles. The second-order valence-corrected chi connectivity index (χ2v) is 7.40. The maximum atomic E-state index is 12.5. The fourth-order valence-electron chi connectivity index (χ4n) is 2.85. The predicted octanol–water partition coefficient (Wildman–Crippen LogP) is 3.62. The summed E-state index contributed by atoms with van der Waals surface area (Å²) >= 11 is 0. The maximum absolute atomic E-state index is 12.5. The normalized spacial score (nSPS) is 9.84. The molecule has 38 heavy (non-hydrogen) atoms. The number of ether oxygens (including phenoxy) is 2. The van der Waals surface area contributed by atoms with Crippen molar-refractivity contribution < 1.29 is 19.1 Å². The first-order chi connectivity index (χ1) is 18.4. The third-order valence-corrected chi connectivity index (χ3v) is 4.97. The number of allylic oxidation sites excluding steroid dienone is 6. The maximum Gasteiger partial charge on any atom is 0.338 e. The van der Waals surface area contributed by atoms with Crippen LogP contribution in [0.5, 0.6) is 0 Å². The van der Waals surface area contributed by atoms with E-state index in [4.69, 9.17) is 30.5 Å². The number of likely N-dealkylation sites (N-methyl/N-ethyl adjacent to an activating group) is 2. The molecule has 0 saturated carbocycles. The lowest BCUT2D eigenvalue weighted by molar-refractivity contribution is 0.0480. The molecule has 194 valence electrons. The smallest absolute Gasteiger partial charge is 0.338 e. The summed E-state index contributed by atoms with van der Waals surface area (Å²) in [5.41, 5.74) is 0.399. The summed E-state index contributed by atoms with van der Waals surface area (Å²) in [6.07, 6.45) is 9.34. The van der Waals surface area contributed by atoms with Crippen LogP contribution < -0.4 is 0 Å². The summed E-state index contributed by atoms with van der Waals surface area (Å²) in [5.74, 6) is -1.17. The summed E-state index contributed by atoms with van der Waals surface area (Å²) in [6.45, 7) is 6.06. The van der Waals surface area contributed by atoms with Gasteiger partial charge >= 0.3 is 11.9 Å². The Morgan fingerprint density at radius 3 is 1.50 bits per heavy atom. The van der Waals surface area contributed by atoms with Crippen LogP contribution in [0, 0.1) is 45.3 Å². The third kappa shape index (κ3) is 11.4. The second kappa shape index (κ2) is 18.0. The van der Waals surface area contributed by atoms with E-state index in [0.29, 0.717) is 26.2 Å². The van der Waals surface area contributed by atoms with Gasteiger partial charge in [0.1, 0.15) is 48.6 Å². The number of nitriles is 4. The van der Waals surface area contributed by atoms with E-state index >= 15 is 0 Å². The fourth-order valence-corrected chi connectivity index (χ4v) is 2.85. The quantitative estimate of drug-likeness (QED) is 0.205. The molecular formula is C28H28N6O4. The number of carbonyl (C=O) groups is 2. The molecule has 0 N–H and O–H groups in total. The zero-order valence-electron chi connectivity index (χ0n) is 21.3. The molecule has 0 spiro atoms. The van der Waals surface area contributed by atoms with Crippen molar-refractivity contribution in [1.29, 1.82) is 21.0 Å². The molecule has 0 amide bonds. The Morgan fingerprint density at radius 2 is 1.16 bits per heavy atom. The van der Waals surface area contributed by atoms with E-state index in [-0.39, 0.29) is 35.5 Å². The lowest BCUT2D eigenvalue weighted by Gasteiger charge is -2.18. The first-order valence-electron chi connectivity index (χ1n) is 11.7. The Labute approximate surface area is 222 Å². The molecule has 0 atom stereocenters. The monoisotopic (exact) mass is 512 g/mol. The summed E-state index contributed by atoms with van der Waals surface area (Å²) in [7, 11) is 0. The van der Waals surface area contributed by atoms with Gasteiger partial charge in [-0.3, -0.25) is 0 Å². The van der Waals surface area contributed by atoms with Gasteiger partial charge in [-0.05, 0) is 68.8 Å². The first kappa shape index (κ1) is 30.7. The van der Waals surface area contributed by atoms with E-state index in [1.54, 1.807) is 67.0 Å². The minimum atomic E-state index is -0.583. The lowest BCUT2D eigenvalue weighted by atomic mass is 10.1. The van der Waals surface area contributed by atoms with E-state index in [9.17, 15) is 9.59 Å². The zero-order chi connectivity index (χ0) is 28.2. The molecule has 1 aromatic carbocycles. The molecule has 0 fully saturated rings. The average molecular weight is 513 g/mol. The summed E-state index contributed by atoms with van der Waals surface area (Å²) in [4.78, 5) is 28.6. The van der Waals surface area contributed by atoms with Gasteiger partial charge in [0.2, 0.25) is 0 Å². The summed E-state index contributed by atoms with van der Waals surface area (Å²) < 4.78 is 10.6. The van der Waals surface area contributed by atoms with Gasteiger partial charge in [0.05, 0.1) is 24.2 Å². The standard InChI is InChI=1S/C28H28N6O4/c1-3-33(12-6-8-23(19-29)20-30)14-16-37-27(35)25-10-5-11-26(18-25)28(36)38-17-15-34(4-2)13-7-9-24(21-31)22-32/h5-13,18H,3-4,14-17H2,1-2H3/b12-6+,13-7+. The highest BCUT2D eigenvalue weighted by Gasteiger charge is 2.13. The Morgan fingerprint density at radius 1 is 0.763 bits per heavy atom. The molecule has 0 aromatic heterocycles. The van der Waals surface area contributed by atoms with Gasteiger partial charge in [0.25, 0.3) is 0 Å². The third-order valence-electron chi connectivity index (χ3n) is 4.97. The number of benzene rings is 1. The van der Waals surface area contributed by atoms with E-state index in [0.717, 1.165) is 0 Å². The first-order valence-corrected chi connectivity index (χ1v) is 11.7. The number of carbonyl (C=O) groups excluding carboxylic acids is 2. The number of hydrogen-bond acceptors (Lipinski definition) is 10. The summed E-state index contributed by atoms with van der Waals surface area (Å²) in [5, 5.41) is 35.0. The SMILES string of the molecule is CCN(/C=C/C=C(C#N)C#N)CCOC(=O)c1cccc(C(=O)OCCN(/C=C/C=C(C#N)C#N)CC)c1. The molecule has 0 aliphatic heterocycles. The van der Waals surface area contributed by atoms with Crippen LogP contribution in [-0.2, 0) is 9.47 Å². The highest BCUT2D eigenvalue weighted by molar-refractivity contribution is 5.95. The minimum absolute atomic E-state index is 0.0128. The molecule has 0 unspecified atom stereocenters. The lowest BCUT2D eigenvalue weighted by Crippen LogP contribution is -2.23. The molecule has 0 saturated heterocycles. The highest BCUT2D eigenvalue weighted by atomic mass is 16.5. The Bertz CT molecular complexity index is 1130. The zero-order valence-corrected chi connectivity index (χ0v) is 21.3. The molecule has 10 nitrogen and oxygen atoms in total. The van der Waals surface area contributed by atoms with Crippen molar-refractivity contribution in [3.05, 3.63) is 83.2 Å². The van der Waals surface area contributed by atoms with Crippen molar-refractivity contribution in [2.45, 2.75) is 13.8 Å². The van der Waals surface area contributed by atoms with E-state index in [2.05, 4.69) is 0 Å². The van der Waals surface area contributed by atoms with Gasteiger partial charge in [-0.25, -0.2) is 9.59 Å². The van der Waals surface area contributed by atoms with Crippen LogP contribution in [0.3, 0.4) is 0 Å². The van der Waals surface area contributed by atoms with E-state index < -0.39 is 11.9 Å². The van der Waals surface area contributed by atoms with Gasteiger partial charge in [-0.15, -0.1) is 0 Å².